The number of nitrogens with one attached hydrogen (secondary N) is 1. The molecule has 6 heteroatoms. The predicted octanol–water partition coefficient (Wildman–Crippen LogP) is 1.06. The van der Waals surface area contributed by atoms with Gasteiger partial charge in [-0.2, -0.15) is 0 Å². The highest BCUT2D eigenvalue weighted by molar-refractivity contribution is 5.73. The number of nitrogens with zero attached hydrogens (tertiary/aromatic N) is 3. The smallest absolute Gasteiger partial charge is 0.317 e. The molecular formula is C13H24N4O2. The molecule has 1 rings (SSSR count). The van der Waals surface area contributed by atoms with Crippen LogP contribution in [0.5, 0.6) is 0 Å². The van der Waals surface area contributed by atoms with Crippen LogP contribution >= 0.6 is 0 Å². The molecule has 0 aromatic carbocycles. The fraction of sp³-hybridized carbons (Fsp3) is 0.692. The summed E-state index contributed by atoms with van der Waals surface area (Å²) in [6, 6.07) is -0.208. The molecule has 0 bridgehead atoms. The topological polar surface area (TPSA) is 70.4 Å². The fourth-order valence-electron chi connectivity index (χ4n) is 1.84. The summed E-state index contributed by atoms with van der Waals surface area (Å²) < 4.78 is 2.04. The first kappa shape index (κ1) is 15.5. The molecule has 1 atom stereocenters. The average Bonchev–Trinajstić information content (AvgIpc) is 2.71. The number of hydrogen-bond acceptors (Lipinski definition) is 3. The summed E-state index contributed by atoms with van der Waals surface area (Å²) in [5.41, 5.74) is 0. The lowest BCUT2D eigenvalue weighted by Crippen LogP contribution is -2.40. The van der Waals surface area contributed by atoms with E-state index >= 15 is 0 Å². The van der Waals surface area contributed by atoms with Crippen LogP contribution < -0.4 is 5.32 Å². The number of amides is 2. The first-order valence-electron chi connectivity index (χ1n) is 6.57. The Bertz CT molecular complexity index is 401. The summed E-state index contributed by atoms with van der Waals surface area (Å²) >= 11 is 0. The van der Waals surface area contributed by atoms with E-state index in [2.05, 4.69) is 24.1 Å². The van der Waals surface area contributed by atoms with Crippen LogP contribution in [0.3, 0.4) is 0 Å². The summed E-state index contributed by atoms with van der Waals surface area (Å²) in [5.74, 6) is 1.37. The van der Waals surface area contributed by atoms with Gasteiger partial charge in [0, 0.05) is 32.5 Å². The Hall–Kier alpha value is -1.56. The monoisotopic (exact) mass is 268 g/mol. The number of imidazole rings is 1. The third-order valence-electron chi connectivity index (χ3n) is 2.65. The Morgan fingerprint density at radius 2 is 2.21 bits per heavy atom. The van der Waals surface area contributed by atoms with E-state index in [0.717, 1.165) is 12.4 Å². The predicted molar refractivity (Wildman–Crippen MR) is 73.6 cm³/mol. The highest BCUT2D eigenvalue weighted by Crippen LogP contribution is 2.03. The Balaban J connectivity index is 2.48. The number of urea groups is 1. The minimum absolute atomic E-state index is 0.208. The molecule has 19 heavy (non-hydrogen) atoms. The van der Waals surface area contributed by atoms with Crippen LogP contribution in [-0.4, -0.2) is 45.3 Å². The van der Waals surface area contributed by atoms with Crippen molar-refractivity contribution in [2.75, 3.05) is 13.6 Å². The van der Waals surface area contributed by atoms with Gasteiger partial charge in [0.15, 0.2) is 0 Å². The SMILES string of the molecule is CC(C)Cn1ccnc1CNC(=O)N(C)CC(C)O. The first-order chi connectivity index (χ1) is 8.90. The molecule has 2 N–H and O–H groups in total. The van der Waals surface area contributed by atoms with Crippen molar-refractivity contribution in [3.05, 3.63) is 18.2 Å². The molecule has 108 valence electrons. The molecule has 1 heterocycles. The Morgan fingerprint density at radius 3 is 2.79 bits per heavy atom. The third-order valence-corrected chi connectivity index (χ3v) is 2.65. The molecule has 0 aliphatic carbocycles. The maximum absolute atomic E-state index is 11.8. The lowest BCUT2D eigenvalue weighted by molar-refractivity contribution is 0.143. The standard InChI is InChI=1S/C13H24N4O2/c1-10(2)8-17-6-5-14-12(17)7-15-13(19)16(4)9-11(3)18/h5-6,10-11,18H,7-9H2,1-4H3,(H,15,19). The highest BCUT2D eigenvalue weighted by Gasteiger charge is 2.12. The van der Waals surface area contributed by atoms with Crippen LogP contribution in [0.1, 0.15) is 26.6 Å². The van der Waals surface area contributed by atoms with Gasteiger partial charge in [-0.1, -0.05) is 13.8 Å². The zero-order chi connectivity index (χ0) is 14.4. The lowest BCUT2D eigenvalue weighted by Gasteiger charge is -2.19. The van der Waals surface area contributed by atoms with Crippen molar-refractivity contribution < 1.29 is 9.90 Å². The molecule has 2 amide bonds. The van der Waals surface area contributed by atoms with E-state index in [9.17, 15) is 9.90 Å². The summed E-state index contributed by atoms with van der Waals surface area (Å²) in [6.45, 7) is 7.51. The van der Waals surface area contributed by atoms with Crippen molar-refractivity contribution in [1.82, 2.24) is 19.8 Å². The molecule has 0 saturated carbocycles. The number of likely N-dealkylation sites (N-methyl/N-ethyl adjacent to an activating group) is 1. The van der Waals surface area contributed by atoms with E-state index in [4.69, 9.17) is 0 Å². The van der Waals surface area contributed by atoms with Gasteiger partial charge < -0.3 is 19.9 Å². The number of carbonyl (C=O) groups is 1. The minimum Gasteiger partial charge on any atom is -0.392 e. The second-order valence-corrected chi connectivity index (χ2v) is 5.28. The second kappa shape index (κ2) is 7.13. The van der Waals surface area contributed by atoms with Gasteiger partial charge in [0.05, 0.1) is 12.6 Å². The van der Waals surface area contributed by atoms with E-state index in [-0.39, 0.29) is 6.03 Å². The van der Waals surface area contributed by atoms with Crippen molar-refractivity contribution in [2.45, 2.75) is 40.0 Å². The third kappa shape index (κ3) is 5.30. The first-order valence-corrected chi connectivity index (χ1v) is 6.57. The van der Waals surface area contributed by atoms with E-state index in [0.29, 0.717) is 19.0 Å². The van der Waals surface area contributed by atoms with E-state index in [1.807, 2.05) is 10.8 Å². The van der Waals surface area contributed by atoms with Crippen molar-refractivity contribution in [3.63, 3.8) is 0 Å². The molecule has 6 nitrogen and oxygen atoms in total. The van der Waals surface area contributed by atoms with Crippen LogP contribution in [-0.2, 0) is 13.1 Å². The summed E-state index contributed by atoms with van der Waals surface area (Å²) in [7, 11) is 1.66. The van der Waals surface area contributed by atoms with Gasteiger partial charge in [0.2, 0.25) is 0 Å². The molecule has 1 unspecified atom stereocenters. The van der Waals surface area contributed by atoms with Crippen LogP contribution in [0.15, 0.2) is 12.4 Å². The Kier molecular flexibility index (Phi) is 5.82. The van der Waals surface area contributed by atoms with Crippen molar-refractivity contribution in [3.8, 4) is 0 Å². The van der Waals surface area contributed by atoms with Crippen molar-refractivity contribution in [1.29, 1.82) is 0 Å². The fourth-order valence-corrected chi connectivity index (χ4v) is 1.84. The number of aromatic nitrogens is 2. The maximum atomic E-state index is 11.8. The van der Waals surface area contributed by atoms with E-state index in [1.54, 1.807) is 20.2 Å². The molecule has 0 saturated heterocycles. The summed E-state index contributed by atoms with van der Waals surface area (Å²) in [6.07, 6.45) is 3.13. The largest absolute Gasteiger partial charge is 0.392 e. The zero-order valence-electron chi connectivity index (χ0n) is 12.1. The van der Waals surface area contributed by atoms with E-state index in [1.165, 1.54) is 4.90 Å². The number of rotatable bonds is 6. The van der Waals surface area contributed by atoms with Crippen molar-refractivity contribution >= 4 is 6.03 Å². The molecule has 1 aromatic heterocycles. The number of aliphatic hydroxyl groups is 1. The molecule has 1 aromatic rings. The normalized spacial score (nSPS) is 12.5. The van der Waals surface area contributed by atoms with Gasteiger partial charge in [-0.3, -0.25) is 0 Å². The Labute approximate surface area is 114 Å². The molecule has 0 aliphatic heterocycles. The summed E-state index contributed by atoms with van der Waals surface area (Å²) in [5, 5.41) is 12.0. The van der Waals surface area contributed by atoms with Gasteiger partial charge in [-0.15, -0.1) is 0 Å². The van der Waals surface area contributed by atoms with Crippen LogP contribution in [0.4, 0.5) is 4.79 Å². The van der Waals surface area contributed by atoms with Crippen molar-refractivity contribution in [2.24, 2.45) is 5.92 Å². The molecular weight excluding hydrogens is 244 g/mol. The van der Waals surface area contributed by atoms with Gasteiger partial charge in [-0.25, -0.2) is 9.78 Å². The quantitative estimate of drug-likeness (QED) is 0.810. The van der Waals surface area contributed by atoms with Crippen LogP contribution in [0.2, 0.25) is 0 Å². The van der Waals surface area contributed by atoms with Crippen LogP contribution in [0, 0.1) is 5.92 Å². The highest BCUT2D eigenvalue weighted by atomic mass is 16.3. The Morgan fingerprint density at radius 1 is 1.53 bits per heavy atom. The number of hydrogen-bond donors (Lipinski definition) is 2. The lowest BCUT2D eigenvalue weighted by atomic mass is 10.2. The number of carbonyl (C=O) groups excluding carboxylic acids is 1. The van der Waals surface area contributed by atoms with Gasteiger partial charge in [0.1, 0.15) is 5.82 Å². The molecule has 0 aliphatic rings. The van der Waals surface area contributed by atoms with Crippen LogP contribution in [0.25, 0.3) is 0 Å². The average molecular weight is 268 g/mol. The molecule has 0 spiro atoms. The van der Waals surface area contributed by atoms with Gasteiger partial charge in [0.25, 0.3) is 0 Å². The minimum atomic E-state index is -0.529. The van der Waals surface area contributed by atoms with Gasteiger partial charge >= 0.3 is 6.03 Å². The van der Waals surface area contributed by atoms with Gasteiger partial charge in [-0.05, 0) is 12.8 Å². The maximum Gasteiger partial charge on any atom is 0.317 e. The molecule has 0 fully saturated rings. The number of aliphatic hydroxyl groups excluding tert-OH is 1. The zero-order valence-corrected chi connectivity index (χ0v) is 12.1. The van der Waals surface area contributed by atoms with E-state index < -0.39 is 6.10 Å². The molecule has 0 radical (unpaired) electrons. The second-order valence-electron chi connectivity index (χ2n) is 5.28. The summed E-state index contributed by atoms with van der Waals surface area (Å²) in [4.78, 5) is 17.5.